The lowest BCUT2D eigenvalue weighted by atomic mass is 9.92. The number of rotatable bonds is 3. The first-order chi connectivity index (χ1) is 13.1. The van der Waals surface area contributed by atoms with Crippen LogP contribution in [0.5, 0.6) is 0 Å². The van der Waals surface area contributed by atoms with E-state index in [0.29, 0.717) is 36.6 Å². The number of amides is 1. The fraction of sp³-hybridized carbons (Fsp3) is 0.400. The quantitative estimate of drug-likeness (QED) is 0.811. The van der Waals surface area contributed by atoms with Gasteiger partial charge >= 0.3 is 0 Å². The van der Waals surface area contributed by atoms with Gasteiger partial charge in [0.2, 0.25) is 10.0 Å². The van der Waals surface area contributed by atoms with Crippen LogP contribution in [0.2, 0.25) is 0 Å². The van der Waals surface area contributed by atoms with Gasteiger partial charge in [0.15, 0.2) is 0 Å². The number of aryl methyl sites for hydroxylation is 2. The van der Waals surface area contributed by atoms with E-state index in [2.05, 4.69) is 4.98 Å². The molecule has 0 bridgehead atoms. The summed E-state index contributed by atoms with van der Waals surface area (Å²) in [4.78, 5) is 18.5. The molecule has 1 fully saturated rings. The van der Waals surface area contributed by atoms with Crippen molar-refractivity contribution in [3.8, 4) is 0 Å². The van der Waals surface area contributed by atoms with E-state index in [4.69, 9.17) is 0 Å². The number of piperazine rings is 1. The van der Waals surface area contributed by atoms with E-state index in [1.54, 1.807) is 35.5 Å². The van der Waals surface area contributed by atoms with Crippen molar-refractivity contribution in [1.82, 2.24) is 14.2 Å². The van der Waals surface area contributed by atoms with Gasteiger partial charge in [0, 0.05) is 38.6 Å². The van der Waals surface area contributed by atoms with E-state index in [9.17, 15) is 13.2 Å². The van der Waals surface area contributed by atoms with Crippen LogP contribution in [0.4, 0.5) is 0 Å². The van der Waals surface area contributed by atoms with Gasteiger partial charge in [-0.1, -0.05) is 6.07 Å². The molecule has 2 aromatic rings. The SMILES string of the molecule is O=C(c1cccnc1)N1CCN(S(=O)(=O)c2ccc3c(c2)CCCC3)CC1. The van der Waals surface area contributed by atoms with Crippen molar-refractivity contribution in [2.75, 3.05) is 26.2 Å². The molecule has 0 unspecified atom stereocenters. The molecule has 1 amide bonds. The summed E-state index contributed by atoms with van der Waals surface area (Å²) in [6.07, 6.45) is 7.44. The van der Waals surface area contributed by atoms with Crippen LogP contribution in [0.25, 0.3) is 0 Å². The number of hydrogen-bond donors (Lipinski definition) is 0. The number of benzene rings is 1. The molecule has 2 aliphatic rings. The van der Waals surface area contributed by atoms with Gasteiger partial charge in [0.25, 0.3) is 5.91 Å². The highest BCUT2D eigenvalue weighted by Crippen LogP contribution is 2.26. The zero-order valence-electron chi connectivity index (χ0n) is 15.2. The summed E-state index contributed by atoms with van der Waals surface area (Å²) in [5.41, 5.74) is 2.96. The number of aromatic nitrogens is 1. The summed E-state index contributed by atoms with van der Waals surface area (Å²) in [6.45, 7) is 1.40. The zero-order chi connectivity index (χ0) is 18.9. The molecule has 0 spiro atoms. The molecule has 0 radical (unpaired) electrons. The molecule has 0 N–H and O–H groups in total. The number of carbonyl (C=O) groups excluding carboxylic acids is 1. The first kappa shape index (κ1) is 18.1. The Morgan fingerprint density at radius 1 is 0.963 bits per heavy atom. The molecule has 27 heavy (non-hydrogen) atoms. The van der Waals surface area contributed by atoms with E-state index < -0.39 is 10.0 Å². The molecule has 2 heterocycles. The number of hydrogen-bond acceptors (Lipinski definition) is 4. The normalized spacial score (nSPS) is 18.1. The van der Waals surface area contributed by atoms with Gasteiger partial charge in [-0.2, -0.15) is 4.31 Å². The predicted molar refractivity (Wildman–Crippen MR) is 102 cm³/mol. The van der Waals surface area contributed by atoms with Crippen LogP contribution in [-0.2, 0) is 22.9 Å². The van der Waals surface area contributed by atoms with Crippen LogP contribution >= 0.6 is 0 Å². The topological polar surface area (TPSA) is 70.6 Å². The molecule has 0 saturated carbocycles. The molecular formula is C20H23N3O3S. The van der Waals surface area contributed by atoms with E-state index in [1.807, 2.05) is 12.1 Å². The largest absolute Gasteiger partial charge is 0.336 e. The summed E-state index contributed by atoms with van der Waals surface area (Å²) in [7, 11) is -3.53. The molecule has 6 nitrogen and oxygen atoms in total. The Bertz CT molecular complexity index is 936. The van der Waals surface area contributed by atoms with E-state index in [0.717, 1.165) is 24.8 Å². The van der Waals surface area contributed by atoms with Crippen molar-refractivity contribution in [2.24, 2.45) is 0 Å². The van der Waals surface area contributed by atoms with Crippen LogP contribution in [0, 0.1) is 0 Å². The van der Waals surface area contributed by atoms with Crippen LogP contribution in [0.15, 0.2) is 47.6 Å². The van der Waals surface area contributed by atoms with Gasteiger partial charge in [-0.15, -0.1) is 0 Å². The van der Waals surface area contributed by atoms with Crippen molar-refractivity contribution in [2.45, 2.75) is 30.6 Å². The summed E-state index contributed by atoms with van der Waals surface area (Å²) < 4.78 is 27.6. The van der Waals surface area contributed by atoms with Crippen molar-refractivity contribution in [1.29, 1.82) is 0 Å². The first-order valence-electron chi connectivity index (χ1n) is 9.37. The van der Waals surface area contributed by atoms with Gasteiger partial charge in [0.1, 0.15) is 0 Å². The predicted octanol–water partition coefficient (Wildman–Crippen LogP) is 2.11. The first-order valence-corrected chi connectivity index (χ1v) is 10.8. The Kier molecular flexibility index (Phi) is 4.97. The standard InChI is InChI=1S/C20H23N3O3S/c24-20(18-6-3-9-21-15-18)22-10-12-23(13-11-22)27(25,26)19-8-7-16-4-1-2-5-17(16)14-19/h3,6-9,14-15H,1-2,4-5,10-13H2. The average Bonchev–Trinajstić information content (AvgIpc) is 2.73. The van der Waals surface area contributed by atoms with Crippen molar-refractivity contribution in [3.05, 3.63) is 59.4 Å². The van der Waals surface area contributed by atoms with Crippen molar-refractivity contribution in [3.63, 3.8) is 0 Å². The highest BCUT2D eigenvalue weighted by Gasteiger charge is 2.31. The van der Waals surface area contributed by atoms with Crippen LogP contribution < -0.4 is 0 Å². The maximum Gasteiger partial charge on any atom is 0.255 e. The summed E-state index contributed by atoms with van der Waals surface area (Å²) >= 11 is 0. The third kappa shape index (κ3) is 3.61. The third-order valence-corrected chi connectivity index (χ3v) is 7.29. The lowest BCUT2D eigenvalue weighted by molar-refractivity contribution is 0.0697. The number of fused-ring (bicyclic) bond motifs is 1. The Hall–Kier alpha value is -2.25. The fourth-order valence-electron chi connectivity index (χ4n) is 3.82. The Morgan fingerprint density at radius 2 is 1.70 bits per heavy atom. The van der Waals surface area contributed by atoms with Crippen molar-refractivity contribution < 1.29 is 13.2 Å². The molecule has 1 aromatic heterocycles. The smallest absolute Gasteiger partial charge is 0.255 e. The van der Waals surface area contributed by atoms with Gasteiger partial charge in [-0.25, -0.2) is 8.42 Å². The van der Waals surface area contributed by atoms with Gasteiger partial charge in [0.05, 0.1) is 10.5 Å². The molecule has 1 aromatic carbocycles. The maximum atomic E-state index is 13.0. The highest BCUT2D eigenvalue weighted by atomic mass is 32.2. The zero-order valence-corrected chi connectivity index (χ0v) is 16.0. The second-order valence-corrected chi connectivity index (χ2v) is 9.01. The summed E-state index contributed by atoms with van der Waals surface area (Å²) in [5.74, 6) is -0.103. The van der Waals surface area contributed by atoms with Gasteiger partial charge < -0.3 is 4.90 Å². The lowest BCUT2D eigenvalue weighted by Crippen LogP contribution is -2.50. The average molecular weight is 385 g/mol. The molecule has 1 aliphatic heterocycles. The third-order valence-electron chi connectivity index (χ3n) is 5.39. The molecule has 0 atom stereocenters. The van der Waals surface area contributed by atoms with E-state index >= 15 is 0 Å². The van der Waals surface area contributed by atoms with Crippen molar-refractivity contribution >= 4 is 15.9 Å². The molecule has 1 aliphatic carbocycles. The summed E-state index contributed by atoms with van der Waals surface area (Å²) in [5, 5.41) is 0. The lowest BCUT2D eigenvalue weighted by Gasteiger charge is -2.34. The second kappa shape index (κ2) is 7.40. The summed E-state index contributed by atoms with van der Waals surface area (Å²) in [6, 6.07) is 8.99. The molecule has 142 valence electrons. The minimum absolute atomic E-state index is 0.103. The Balaban J connectivity index is 1.46. The highest BCUT2D eigenvalue weighted by molar-refractivity contribution is 7.89. The fourth-order valence-corrected chi connectivity index (χ4v) is 5.30. The van der Waals surface area contributed by atoms with E-state index in [-0.39, 0.29) is 5.91 Å². The number of sulfonamides is 1. The van der Waals surface area contributed by atoms with Gasteiger partial charge in [-0.05, 0) is 61.1 Å². The van der Waals surface area contributed by atoms with Crippen LogP contribution in [0.3, 0.4) is 0 Å². The molecule has 4 rings (SSSR count). The number of carbonyl (C=O) groups is 1. The Labute approximate surface area is 159 Å². The Morgan fingerprint density at radius 3 is 2.41 bits per heavy atom. The second-order valence-electron chi connectivity index (χ2n) is 7.08. The molecular weight excluding hydrogens is 362 g/mol. The van der Waals surface area contributed by atoms with Crippen LogP contribution in [0.1, 0.15) is 34.3 Å². The maximum absolute atomic E-state index is 13.0. The number of nitrogens with zero attached hydrogens (tertiary/aromatic N) is 3. The van der Waals surface area contributed by atoms with Gasteiger partial charge in [-0.3, -0.25) is 9.78 Å². The molecule has 1 saturated heterocycles. The van der Waals surface area contributed by atoms with Crippen LogP contribution in [-0.4, -0.2) is 54.7 Å². The number of pyridine rings is 1. The minimum Gasteiger partial charge on any atom is -0.336 e. The minimum atomic E-state index is -3.53. The monoisotopic (exact) mass is 385 g/mol. The molecule has 7 heteroatoms. The van der Waals surface area contributed by atoms with E-state index in [1.165, 1.54) is 16.3 Å².